The Morgan fingerprint density at radius 1 is 1.30 bits per heavy atom. The van der Waals surface area contributed by atoms with Crippen LogP contribution in [0.25, 0.3) is 10.6 Å². The topological polar surface area (TPSA) is 43.4 Å². The second-order valence-corrected chi connectivity index (χ2v) is 5.97. The molecule has 4 nitrogen and oxygen atoms in total. The minimum Gasteiger partial charge on any atom is -0.497 e. The van der Waals surface area contributed by atoms with Crippen molar-refractivity contribution in [3.05, 3.63) is 29.3 Å². The van der Waals surface area contributed by atoms with Crippen LogP contribution < -0.4 is 14.8 Å². The van der Waals surface area contributed by atoms with E-state index in [4.69, 9.17) is 9.47 Å². The largest absolute Gasteiger partial charge is 0.497 e. The van der Waals surface area contributed by atoms with Crippen LogP contribution in [-0.4, -0.2) is 25.2 Å². The van der Waals surface area contributed by atoms with Crippen LogP contribution in [0, 0.1) is 0 Å². The predicted molar refractivity (Wildman–Crippen MR) is 80.5 cm³/mol. The second-order valence-electron chi connectivity index (χ2n) is 4.85. The Balaban J connectivity index is 1.80. The van der Waals surface area contributed by atoms with Crippen LogP contribution in [0.1, 0.15) is 17.7 Å². The molecule has 0 amide bonds. The summed E-state index contributed by atoms with van der Waals surface area (Å²) < 4.78 is 10.6. The number of hydrogen-bond donors (Lipinski definition) is 1. The molecular weight excluding hydrogens is 272 g/mol. The van der Waals surface area contributed by atoms with Crippen LogP contribution in [0.3, 0.4) is 0 Å². The quantitative estimate of drug-likeness (QED) is 0.888. The number of thiazole rings is 1. The van der Waals surface area contributed by atoms with Crippen molar-refractivity contribution < 1.29 is 9.47 Å². The maximum absolute atomic E-state index is 5.43. The summed E-state index contributed by atoms with van der Waals surface area (Å²) in [5.41, 5.74) is 1.01. The van der Waals surface area contributed by atoms with Gasteiger partial charge in [0.15, 0.2) is 0 Å². The van der Waals surface area contributed by atoms with E-state index < -0.39 is 0 Å². The summed E-state index contributed by atoms with van der Waals surface area (Å²) in [6.07, 6.45) is 4.55. The zero-order valence-corrected chi connectivity index (χ0v) is 12.5. The van der Waals surface area contributed by atoms with E-state index >= 15 is 0 Å². The molecule has 1 heterocycles. The van der Waals surface area contributed by atoms with Crippen molar-refractivity contribution in [3.8, 4) is 22.1 Å². The highest BCUT2D eigenvalue weighted by molar-refractivity contribution is 7.15. The first-order valence-electron chi connectivity index (χ1n) is 6.70. The fourth-order valence-electron chi connectivity index (χ4n) is 2.02. The average Bonchev–Trinajstić information content (AvgIpc) is 3.21. The maximum Gasteiger partial charge on any atom is 0.132 e. The van der Waals surface area contributed by atoms with E-state index in [0.717, 1.165) is 34.7 Å². The molecule has 0 radical (unpaired) electrons. The van der Waals surface area contributed by atoms with Crippen molar-refractivity contribution in [2.75, 3.05) is 14.2 Å². The van der Waals surface area contributed by atoms with Gasteiger partial charge < -0.3 is 14.8 Å². The van der Waals surface area contributed by atoms with Gasteiger partial charge in [-0.25, -0.2) is 4.98 Å². The van der Waals surface area contributed by atoms with Gasteiger partial charge in [-0.05, 0) is 25.0 Å². The van der Waals surface area contributed by atoms with Crippen molar-refractivity contribution in [2.45, 2.75) is 25.4 Å². The minimum atomic E-state index is 0.719. The molecule has 1 aromatic heterocycles. The number of nitrogens with zero attached hydrogens (tertiary/aromatic N) is 1. The summed E-state index contributed by atoms with van der Waals surface area (Å²) in [6, 6.07) is 6.53. The van der Waals surface area contributed by atoms with Crippen LogP contribution in [0.15, 0.2) is 24.4 Å². The Hall–Kier alpha value is -1.59. The number of benzene rings is 1. The van der Waals surface area contributed by atoms with E-state index in [-0.39, 0.29) is 0 Å². The molecule has 0 saturated heterocycles. The van der Waals surface area contributed by atoms with Gasteiger partial charge in [-0.2, -0.15) is 0 Å². The van der Waals surface area contributed by atoms with E-state index in [1.165, 1.54) is 17.7 Å². The van der Waals surface area contributed by atoms with Gasteiger partial charge >= 0.3 is 0 Å². The van der Waals surface area contributed by atoms with Crippen molar-refractivity contribution in [1.82, 2.24) is 10.3 Å². The van der Waals surface area contributed by atoms with E-state index in [2.05, 4.69) is 10.3 Å². The van der Waals surface area contributed by atoms with Gasteiger partial charge in [-0.1, -0.05) is 0 Å². The summed E-state index contributed by atoms with van der Waals surface area (Å²) in [6.45, 7) is 0.904. The van der Waals surface area contributed by atoms with Crippen molar-refractivity contribution >= 4 is 11.3 Å². The first kappa shape index (κ1) is 13.4. The van der Waals surface area contributed by atoms with Crippen LogP contribution >= 0.6 is 11.3 Å². The number of ether oxygens (including phenoxy) is 2. The van der Waals surface area contributed by atoms with Crippen molar-refractivity contribution in [1.29, 1.82) is 0 Å². The van der Waals surface area contributed by atoms with Gasteiger partial charge in [0.2, 0.25) is 0 Å². The van der Waals surface area contributed by atoms with Crippen LogP contribution in [0.5, 0.6) is 11.5 Å². The minimum absolute atomic E-state index is 0.719. The molecule has 0 aliphatic heterocycles. The molecule has 2 aromatic rings. The zero-order valence-electron chi connectivity index (χ0n) is 11.7. The number of rotatable bonds is 6. The van der Waals surface area contributed by atoms with Gasteiger partial charge in [-0.15, -0.1) is 11.3 Å². The molecule has 1 fully saturated rings. The Bertz CT molecular complexity index is 593. The van der Waals surface area contributed by atoms with Gasteiger partial charge in [0, 0.05) is 29.7 Å². The van der Waals surface area contributed by atoms with Crippen LogP contribution in [0.2, 0.25) is 0 Å². The van der Waals surface area contributed by atoms with Gasteiger partial charge in [-0.3, -0.25) is 0 Å². The molecule has 1 saturated carbocycles. The van der Waals surface area contributed by atoms with E-state index in [9.17, 15) is 0 Å². The summed E-state index contributed by atoms with van der Waals surface area (Å²) in [4.78, 5) is 5.76. The molecular formula is C15H18N2O2S. The Morgan fingerprint density at radius 3 is 2.85 bits per heavy atom. The third kappa shape index (κ3) is 2.94. The van der Waals surface area contributed by atoms with Crippen molar-refractivity contribution in [2.24, 2.45) is 0 Å². The molecule has 20 heavy (non-hydrogen) atoms. The first-order valence-corrected chi connectivity index (χ1v) is 7.52. The second kappa shape index (κ2) is 5.81. The highest BCUT2D eigenvalue weighted by Gasteiger charge is 2.20. The molecule has 0 unspecified atom stereocenters. The number of hydrogen-bond acceptors (Lipinski definition) is 5. The third-order valence-corrected chi connectivity index (χ3v) is 4.37. The Labute approximate surface area is 122 Å². The Morgan fingerprint density at radius 2 is 2.15 bits per heavy atom. The predicted octanol–water partition coefficient (Wildman–Crippen LogP) is 3.08. The molecule has 1 aliphatic rings. The normalized spacial score (nSPS) is 14.3. The standard InChI is InChI=1S/C15H18N2O2S/c1-18-11-5-6-13(14(7-11)19-2)15-17-9-12(20-15)8-16-10-3-4-10/h5-7,9-10,16H,3-4,8H2,1-2H3. The lowest BCUT2D eigenvalue weighted by Gasteiger charge is -2.08. The molecule has 0 bridgehead atoms. The monoisotopic (exact) mass is 290 g/mol. The molecule has 3 rings (SSSR count). The summed E-state index contributed by atoms with van der Waals surface area (Å²) in [5, 5.41) is 4.49. The summed E-state index contributed by atoms with van der Waals surface area (Å²) >= 11 is 1.70. The highest BCUT2D eigenvalue weighted by atomic mass is 32.1. The first-order chi connectivity index (χ1) is 9.80. The average molecular weight is 290 g/mol. The third-order valence-electron chi connectivity index (χ3n) is 3.33. The van der Waals surface area contributed by atoms with Crippen molar-refractivity contribution in [3.63, 3.8) is 0 Å². The molecule has 0 spiro atoms. The SMILES string of the molecule is COc1ccc(-c2ncc(CNC3CC3)s2)c(OC)c1. The number of aromatic nitrogens is 1. The van der Waals surface area contributed by atoms with Gasteiger partial charge in [0.05, 0.1) is 19.8 Å². The fourth-order valence-corrected chi connectivity index (χ4v) is 2.91. The molecule has 106 valence electrons. The Kier molecular flexibility index (Phi) is 3.89. The molecule has 0 atom stereocenters. The number of nitrogens with one attached hydrogen (secondary N) is 1. The number of methoxy groups -OCH3 is 2. The lowest BCUT2D eigenvalue weighted by atomic mass is 10.2. The highest BCUT2D eigenvalue weighted by Crippen LogP contribution is 2.35. The molecule has 1 aliphatic carbocycles. The smallest absolute Gasteiger partial charge is 0.132 e. The van der Waals surface area contributed by atoms with Gasteiger partial charge in [0.25, 0.3) is 0 Å². The van der Waals surface area contributed by atoms with E-state index in [1.54, 1.807) is 25.6 Å². The molecule has 5 heteroatoms. The van der Waals surface area contributed by atoms with Crippen LogP contribution in [-0.2, 0) is 6.54 Å². The zero-order chi connectivity index (χ0) is 13.9. The van der Waals surface area contributed by atoms with Gasteiger partial charge in [0.1, 0.15) is 16.5 Å². The summed E-state index contributed by atoms with van der Waals surface area (Å²) in [7, 11) is 3.32. The summed E-state index contributed by atoms with van der Waals surface area (Å²) in [5.74, 6) is 1.58. The lowest BCUT2D eigenvalue weighted by molar-refractivity contribution is 0.395. The van der Waals surface area contributed by atoms with E-state index in [0.29, 0.717) is 0 Å². The molecule has 1 N–H and O–H groups in total. The maximum atomic E-state index is 5.43. The van der Waals surface area contributed by atoms with E-state index in [1.807, 2.05) is 24.4 Å². The lowest BCUT2D eigenvalue weighted by Crippen LogP contribution is -2.14. The fraction of sp³-hybridized carbons (Fsp3) is 0.400. The molecule has 1 aromatic carbocycles. The van der Waals surface area contributed by atoms with Crippen LogP contribution in [0.4, 0.5) is 0 Å².